The van der Waals surface area contributed by atoms with Crippen LogP contribution in [0.4, 0.5) is 0 Å². The van der Waals surface area contributed by atoms with E-state index in [1.165, 1.54) is 0 Å². The van der Waals surface area contributed by atoms with E-state index in [2.05, 4.69) is 10.3 Å². The number of aromatic nitrogens is 1. The predicted octanol–water partition coefficient (Wildman–Crippen LogP) is 1.37. The normalized spacial score (nSPS) is 12.3. The van der Waals surface area contributed by atoms with Gasteiger partial charge in [0.25, 0.3) is 5.91 Å². The minimum Gasteiger partial charge on any atom is -0.489 e. The molecule has 1 atom stereocenters. The van der Waals surface area contributed by atoms with Gasteiger partial charge in [-0.15, -0.1) is 0 Å². The smallest absolute Gasteiger partial charge is 0.274 e. The highest BCUT2D eigenvalue weighted by Gasteiger charge is 2.17. The Hall–Kier alpha value is -1.62. The second-order valence-corrected chi connectivity index (χ2v) is 4.28. The molecular formula is C13H20N2O3. The van der Waals surface area contributed by atoms with Crippen molar-refractivity contribution in [2.75, 3.05) is 6.61 Å². The maximum atomic E-state index is 12.0. The molecule has 1 heterocycles. The molecule has 0 aliphatic carbocycles. The number of carbonyl (C=O) groups excluding carboxylic acids is 1. The fraction of sp³-hybridized carbons (Fsp3) is 0.538. The molecule has 0 aliphatic heterocycles. The highest BCUT2D eigenvalue weighted by atomic mass is 16.5. The summed E-state index contributed by atoms with van der Waals surface area (Å²) >= 11 is 0. The standard InChI is InChI=1S/C13H20N2O3/c1-4-10(8-16)15-13(17)12-11(18-9(2)3)6-5-7-14-12/h5-7,9-10,16H,4,8H2,1-3H3,(H,15,17). The molecule has 1 rings (SSSR count). The summed E-state index contributed by atoms with van der Waals surface area (Å²) < 4.78 is 5.53. The van der Waals surface area contributed by atoms with Crippen molar-refractivity contribution in [1.82, 2.24) is 10.3 Å². The van der Waals surface area contributed by atoms with Crippen LogP contribution < -0.4 is 10.1 Å². The van der Waals surface area contributed by atoms with Crippen LogP contribution in [0.1, 0.15) is 37.7 Å². The fourth-order valence-corrected chi connectivity index (χ4v) is 1.44. The van der Waals surface area contributed by atoms with Crippen LogP contribution in [0.3, 0.4) is 0 Å². The summed E-state index contributed by atoms with van der Waals surface area (Å²) in [6, 6.07) is 3.17. The highest BCUT2D eigenvalue weighted by molar-refractivity contribution is 5.95. The summed E-state index contributed by atoms with van der Waals surface area (Å²) in [5.74, 6) is 0.130. The van der Waals surface area contributed by atoms with Crippen molar-refractivity contribution in [1.29, 1.82) is 0 Å². The molecule has 18 heavy (non-hydrogen) atoms. The van der Waals surface area contributed by atoms with Crippen LogP contribution in [0.2, 0.25) is 0 Å². The third-order valence-electron chi connectivity index (χ3n) is 2.40. The lowest BCUT2D eigenvalue weighted by atomic mass is 10.2. The molecule has 2 N–H and O–H groups in total. The number of nitrogens with zero attached hydrogens (tertiary/aromatic N) is 1. The van der Waals surface area contributed by atoms with Gasteiger partial charge in [0.1, 0.15) is 0 Å². The number of hydrogen-bond acceptors (Lipinski definition) is 4. The Morgan fingerprint density at radius 2 is 2.28 bits per heavy atom. The van der Waals surface area contributed by atoms with Gasteiger partial charge in [-0.05, 0) is 32.4 Å². The van der Waals surface area contributed by atoms with Gasteiger partial charge in [-0.1, -0.05) is 6.92 Å². The van der Waals surface area contributed by atoms with Crippen molar-refractivity contribution >= 4 is 5.91 Å². The SMILES string of the molecule is CCC(CO)NC(=O)c1ncccc1OC(C)C. The first-order valence-corrected chi connectivity index (χ1v) is 6.11. The molecule has 0 saturated carbocycles. The van der Waals surface area contributed by atoms with E-state index in [-0.39, 0.29) is 30.4 Å². The molecule has 0 bridgehead atoms. The molecule has 0 radical (unpaired) electrons. The zero-order valence-electron chi connectivity index (χ0n) is 11.0. The molecule has 0 fully saturated rings. The molecule has 0 aliphatic rings. The van der Waals surface area contributed by atoms with Crippen molar-refractivity contribution < 1.29 is 14.6 Å². The molecule has 1 aromatic heterocycles. The minimum absolute atomic E-state index is 0.0273. The number of carbonyl (C=O) groups is 1. The number of aliphatic hydroxyl groups is 1. The van der Waals surface area contributed by atoms with E-state index in [9.17, 15) is 4.79 Å². The third kappa shape index (κ3) is 4.00. The van der Waals surface area contributed by atoms with E-state index in [0.29, 0.717) is 12.2 Å². The third-order valence-corrected chi connectivity index (χ3v) is 2.40. The summed E-state index contributed by atoms with van der Waals surface area (Å²) in [4.78, 5) is 16.0. The second-order valence-electron chi connectivity index (χ2n) is 4.28. The monoisotopic (exact) mass is 252 g/mol. The van der Waals surface area contributed by atoms with Crippen LogP contribution in [0.5, 0.6) is 5.75 Å². The Morgan fingerprint density at radius 1 is 1.56 bits per heavy atom. The molecule has 0 aromatic carbocycles. The zero-order chi connectivity index (χ0) is 13.5. The average Bonchev–Trinajstić information content (AvgIpc) is 2.35. The van der Waals surface area contributed by atoms with Gasteiger partial charge < -0.3 is 15.2 Å². The minimum atomic E-state index is -0.327. The second kappa shape index (κ2) is 6.96. The summed E-state index contributed by atoms with van der Waals surface area (Å²) in [7, 11) is 0. The maximum Gasteiger partial charge on any atom is 0.274 e. The van der Waals surface area contributed by atoms with E-state index in [0.717, 1.165) is 0 Å². The zero-order valence-corrected chi connectivity index (χ0v) is 11.0. The van der Waals surface area contributed by atoms with E-state index >= 15 is 0 Å². The molecule has 1 amide bonds. The van der Waals surface area contributed by atoms with Gasteiger partial charge >= 0.3 is 0 Å². The number of amides is 1. The summed E-state index contributed by atoms with van der Waals surface area (Å²) in [5, 5.41) is 11.8. The summed E-state index contributed by atoms with van der Waals surface area (Å²) in [6.45, 7) is 5.58. The molecular weight excluding hydrogens is 232 g/mol. The maximum absolute atomic E-state index is 12.0. The van der Waals surface area contributed by atoms with Crippen molar-refractivity contribution in [3.05, 3.63) is 24.0 Å². The van der Waals surface area contributed by atoms with Gasteiger partial charge in [-0.2, -0.15) is 0 Å². The Labute approximate surface area is 107 Å². The summed E-state index contributed by atoms with van der Waals surface area (Å²) in [5.41, 5.74) is 0.248. The lowest BCUT2D eigenvalue weighted by Gasteiger charge is -2.16. The number of hydrogen-bond donors (Lipinski definition) is 2. The van der Waals surface area contributed by atoms with Gasteiger partial charge in [0.15, 0.2) is 11.4 Å². The number of pyridine rings is 1. The first-order valence-electron chi connectivity index (χ1n) is 6.11. The van der Waals surface area contributed by atoms with E-state index in [1.807, 2.05) is 20.8 Å². The van der Waals surface area contributed by atoms with E-state index < -0.39 is 0 Å². The van der Waals surface area contributed by atoms with Crippen molar-refractivity contribution in [3.63, 3.8) is 0 Å². The number of ether oxygens (including phenoxy) is 1. The van der Waals surface area contributed by atoms with Gasteiger partial charge in [0, 0.05) is 6.20 Å². The topological polar surface area (TPSA) is 71.5 Å². The van der Waals surface area contributed by atoms with Gasteiger partial charge in [0.05, 0.1) is 18.8 Å². The fourth-order valence-electron chi connectivity index (χ4n) is 1.44. The van der Waals surface area contributed by atoms with Crippen LogP contribution >= 0.6 is 0 Å². The molecule has 0 spiro atoms. The van der Waals surface area contributed by atoms with Crippen LogP contribution in [-0.2, 0) is 0 Å². The van der Waals surface area contributed by atoms with Crippen LogP contribution in [0.25, 0.3) is 0 Å². The van der Waals surface area contributed by atoms with Crippen molar-refractivity contribution in [2.45, 2.75) is 39.3 Å². The highest BCUT2D eigenvalue weighted by Crippen LogP contribution is 2.17. The molecule has 1 aromatic rings. The van der Waals surface area contributed by atoms with Crippen molar-refractivity contribution in [3.8, 4) is 5.75 Å². The van der Waals surface area contributed by atoms with Crippen LogP contribution in [0, 0.1) is 0 Å². The lowest BCUT2D eigenvalue weighted by molar-refractivity contribution is 0.0903. The first-order chi connectivity index (χ1) is 8.58. The number of aliphatic hydroxyl groups excluding tert-OH is 1. The Morgan fingerprint density at radius 3 is 2.83 bits per heavy atom. The lowest BCUT2D eigenvalue weighted by Crippen LogP contribution is -2.37. The van der Waals surface area contributed by atoms with Crippen LogP contribution in [-0.4, -0.2) is 34.8 Å². The van der Waals surface area contributed by atoms with Gasteiger partial charge in [0.2, 0.25) is 0 Å². The Kier molecular flexibility index (Phi) is 5.58. The number of nitrogens with one attached hydrogen (secondary N) is 1. The van der Waals surface area contributed by atoms with Gasteiger partial charge in [-0.3, -0.25) is 4.79 Å². The predicted molar refractivity (Wildman–Crippen MR) is 68.6 cm³/mol. The number of rotatable bonds is 6. The Bertz CT molecular complexity index is 390. The summed E-state index contributed by atoms with van der Waals surface area (Å²) in [6.07, 6.45) is 2.18. The largest absolute Gasteiger partial charge is 0.489 e. The van der Waals surface area contributed by atoms with E-state index in [4.69, 9.17) is 9.84 Å². The molecule has 5 nitrogen and oxygen atoms in total. The van der Waals surface area contributed by atoms with Crippen LogP contribution in [0.15, 0.2) is 18.3 Å². The van der Waals surface area contributed by atoms with E-state index in [1.54, 1.807) is 18.3 Å². The first kappa shape index (κ1) is 14.4. The van der Waals surface area contributed by atoms with Gasteiger partial charge in [-0.25, -0.2) is 4.98 Å². The molecule has 5 heteroatoms. The molecule has 0 saturated heterocycles. The molecule has 100 valence electrons. The quantitative estimate of drug-likeness (QED) is 0.802. The Balaban J connectivity index is 2.84. The average molecular weight is 252 g/mol. The molecule has 1 unspecified atom stereocenters. The van der Waals surface area contributed by atoms with Crippen molar-refractivity contribution in [2.24, 2.45) is 0 Å².